The van der Waals surface area contributed by atoms with Gasteiger partial charge in [0.25, 0.3) is 5.89 Å². The lowest BCUT2D eigenvalue weighted by atomic mass is 10.2. The number of rotatable bonds is 7. The van der Waals surface area contributed by atoms with Gasteiger partial charge in [-0.25, -0.2) is 0 Å². The number of likely N-dealkylation sites (N-methyl/N-ethyl adjacent to an activating group) is 1. The Morgan fingerprint density at radius 3 is 2.41 bits per heavy atom. The average Bonchev–Trinajstić information content (AvgIpc) is 2.96. The minimum Gasteiger partial charge on any atom is -0.497 e. The standard InChI is InChI=1S/C15H21N3O3.ClH/c1-10(16-3)9-14-17-15(21-18-14)11(2)20-13-7-5-12(19-4)6-8-13;/h5-8,10-11,16H,9H2,1-4H3;1H. The van der Waals surface area contributed by atoms with Crippen LogP contribution in [0.5, 0.6) is 11.5 Å². The first kappa shape index (κ1) is 18.3. The summed E-state index contributed by atoms with van der Waals surface area (Å²) in [6.45, 7) is 3.94. The molecule has 0 amide bonds. The Morgan fingerprint density at radius 2 is 1.82 bits per heavy atom. The van der Waals surface area contributed by atoms with E-state index in [0.29, 0.717) is 17.8 Å². The van der Waals surface area contributed by atoms with Crippen molar-refractivity contribution in [3.63, 3.8) is 0 Å². The Morgan fingerprint density at radius 1 is 1.18 bits per heavy atom. The fraction of sp³-hybridized carbons (Fsp3) is 0.467. The van der Waals surface area contributed by atoms with Gasteiger partial charge in [-0.05, 0) is 45.2 Å². The molecule has 0 saturated carbocycles. The summed E-state index contributed by atoms with van der Waals surface area (Å²) in [6, 6.07) is 7.67. The first-order valence-corrected chi connectivity index (χ1v) is 6.92. The number of halogens is 1. The lowest BCUT2D eigenvalue weighted by Crippen LogP contribution is -2.24. The molecule has 0 aliphatic carbocycles. The molecule has 0 aliphatic heterocycles. The maximum Gasteiger partial charge on any atom is 0.267 e. The zero-order valence-corrected chi connectivity index (χ0v) is 14.0. The average molecular weight is 328 g/mol. The Kier molecular flexibility index (Phi) is 7.14. The van der Waals surface area contributed by atoms with Crippen LogP contribution in [0.15, 0.2) is 28.8 Å². The van der Waals surface area contributed by atoms with E-state index < -0.39 is 0 Å². The second kappa shape index (κ2) is 8.60. The fourth-order valence-electron chi connectivity index (χ4n) is 1.80. The summed E-state index contributed by atoms with van der Waals surface area (Å²) in [4.78, 5) is 4.36. The molecular formula is C15H22ClN3O3. The van der Waals surface area contributed by atoms with Crippen LogP contribution in [0.2, 0.25) is 0 Å². The van der Waals surface area contributed by atoms with Gasteiger partial charge in [0.15, 0.2) is 11.9 Å². The highest BCUT2D eigenvalue weighted by molar-refractivity contribution is 5.85. The van der Waals surface area contributed by atoms with Crippen LogP contribution in [-0.4, -0.2) is 30.3 Å². The van der Waals surface area contributed by atoms with Gasteiger partial charge < -0.3 is 19.3 Å². The summed E-state index contributed by atoms with van der Waals surface area (Å²) in [6.07, 6.45) is 0.416. The van der Waals surface area contributed by atoms with Crippen molar-refractivity contribution < 1.29 is 14.0 Å². The van der Waals surface area contributed by atoms with Crippen LogP contribution in [0.4, 0.5) is 0 Å². The van der Waals surface area contributed by atoms with Crippen LogP contribution in [0, 0.1) is 0 Å². The largest absolute Gasteiger partial charge is 0.497 e. The maximum atomic E-state index is 5.78. The van der Waals surface area contributed by atoms with Gasteiger partial charge in [-0.15, -0.1) is 12.4 Å². The normalized spacial score (nSPS) is 13.1. The molecule has 1 aromatic carbocycles. The number of methoxy groups -OCH3 is 1. The lowest BCUT2D eigenvalue weighted by molar-refractivity contribution is 0.175. The van der Waals surface area contributed by atoms with Crippen molar-refractivity contribution >= 4 is 12.4 Å². The minimum atomic E-state index is -0.301. The van der Waals surface area contributed by atoms with Crippen LogP contribution in [0.25, 0.3) is 0 Å². The van der Waals surface area contributed by atoms with Crippen LogP contribution in [0.3, 0.4) is 0 Å². The van der Waals surface area contributed by atoms with Crippen LogP contribution >= 0.6 is 12.4 Å². The predicted molar refractivity (Wildman–Crippen MR) is 85.8 cm³/mol. The molecule has 0 bridgehead atoms. The Balaban J connectivity index is 0.00000242. The number of benzene rings is 1. The van der Waals surface area contributed by atoms with Crippen molar-refractivity contribution in [2.45, 2.75) is 32.4 Å². The third kappa shape index (κ3) is 4.89. The highest BCUT2D eigenvalue weighted by Gasteiger charge is 2.17. The predicted octanol–water partition coefficient (Wildman–Crippen LogP) is 2.79. The second-order valence-electron chi connectivity index (χ2n) is 4.88. The molecule has 2 unspecified atom stereocenters. The molecule has 1 aromatic heterocycles. The van der Waals surface area contributed by atoms with Crippen molar-refractivity contribution in [1.82, 2.24) is 15.5 Å². The van der Waals surface area contributed by atoms with Gasteiger partial charge in [-0.3, -0.25) is 0 Å². The summed E-state index contributed by atoms with van der Waals surface area (Å²) in [5.41, 5.74) is 0. The van der Waals surface area contributed by atoms with E-state index in [4.69, 9.17) is 14.0 Å². The van der Waals surface area contributed by atoms with Crippen molar-refractivity contribution in [1.29, 1.82) is 0 Å². The number of nitrogens with one attached hydrogen (secondary N) is 1. The number of nitrogens with zero attached hydrogens (tertiary/aromatic N) is 2. The fourth-order valence-corrected chi connectivity index (χ4v) is 1.80. The Hall–Kier alpha value is -1.79. The van der Waals surface area contributed by atoms with Gasteiger partial charge in [0.05, 0.1) is 7.11 Å². The van der Waals surface area contributed by atoms with Gasteiger partial charge in [0.1, 0.15) is 11.5 Å². The number of aromatic nitrogens is 2. The molecule has 0 saturated heterocycles. The monoisotopic (exact) mass is 327 g/mol. The van der Waals surface area contributed by atoms with Crippen molar-refractivity contribution in [3.05, 3.63) is 36.0 Å². The Bertz CT molecular complexity index is 559. The molecule has 22 heavy (non-hydrogen) atoms. The minimum absolute atomic E-state index is 0. The van der Waals surface area contributed by atoms with Crippen LogP contribution in [-0.2, 0) is 6.42 Å². The van der Waals surface area contributed by atoms with Crippen molar-refractivity contribution in [3.8, 4) is 11.5 Å². The van der Waals surface area contributed by atoms with Crippen LogP contribution in [0.1, 0.15) is 31.7 Å². The van der Waals surface area contributed by atoms with Gasteiger partial charge in [-0.1, -0.05) is 5.16 Å². The quantitative estimate of drug-likeness (QED) is 0.843. The highest BCUT2D eigenvalue weighted by atomic mass is 35.5. The van der Waals surface area contributed by atoms with E-state index in [1.165, 1.54) is 0 Å². The van der Waals surface area contributed by atoms with Crippen LogP contribution < -0.4 is 14.8 Å². The third-order valence-corrected chi connectivity index (χ3v) is 3.19. The van der Waals surface area contributed by atoms with Crippen molar-refractivity contribution in [2.75, 3.05) is 14.2 Å². The summed E-state index contributed by atoms with van der Waals surface area (Å²) in [5, 5.41) is 7.11. The molecule has 7 heteroatoms. The Labute approximate surface area is 136 Å². The van der Waals surface area contributed by atoms with E-state index in [-0.39, 0.29) is 18.5 Å². The molecule has 6 nitrogen and oxygen atoms in total. The smallest absolute Gasteiger partial charge is 0.267 e. The zero-order valence-electron chi connectivity index (χ0n) is 13.2. The number of ether oxygens (including phenoxy) is 2. The van der Waals surface area contributed by atoms with Gasteiger partial charge in [0, 0.05) is 12.5 Å². The molecule has 0 fully saturated rings. The van der Waals surface area contributed by atoms with E-state index in [1.807, 2.05) is 38.2 Å². The first-order chi connectivity index (χ1) is 10.1. The molecule has 2 atom stereocenters. The molecule has 2 aromatic rings. The van der Waals surface area contributed by atoms with E-state index >= 15 is 0 Å². The molecule has 122 valence electrons. The molecule has 1 heterocycles. The highest BCUT2D eigenvalue weighted by Crippen LogP contribution is 2.23. The maximum absolute atomic E-state index is 5.78. The topological polar surface area (TPSA) is 69.4 Å². The molecule has 2 rings (SSSR count). The van der Waals surface area contributed by atoms with Gasteiger partial charge in [0.2, 0.25) is 0 Å². The third-order valence-electron chi connectivity index (χ3n) is 3.19. The molecular weight excluding hydrogens is 306 g/mol. The summed E-state index contributed by atoms with van der Waals surface area (Å²) >= 11 is 0. The molecule has 1 N–H and O–H groups in total. The number of hydrogen-bond donors (Lipinski definition) is 1. The van der Waals surface area contributed by atoms with Crippen molar-refractivity contribution in [2.24, 2.45) is 0 Å². The van der Waals surface area contributed by atoms with E-state index in [0.717, 1.165) is 17.9 Å². The number of hydrogen-bond acceptors (Lipinski definition) is 6. The molecule has 0 aliphatic rings. The summed E-state index contributed by atoms with van der Waals surface area (Å²) in [5.74, 6) is 2.67. The summed E-state index contributed by atoms with van der Waals surface area (Å²) < 4.78 is 16.1. The van der Waals surface area contributed by atoms with E-state index in [9.17, 15) is 0 Å². The lowest BCUT2D eigenvalue weighted by Gasteiger charge is -2.11. The van der Waals surface area contributed by atoms with E-state index in [1.54, 1.807) is 7.11 Å². The van der Waals surface area contributed by atoms with Gasteiger partial charge in [-0.2, -0.15) is 4.98 Å². The van der Waals surface area contributed by atoms with Gasteiger partial charge >= 0.3 is 0 Å². The molecule has 0 radical (unpaired) electrons. The zero-order chi connectivity index (χ0) is 15.2. The SMILES string of the molecule is CNC(C)Cc1noc(C(C)Oc2ccc(OC)cc2)n1.Cl. The first-order valence-electron chi connectivity index (χ1n) is 6.92. The van der Waals surface area contributed by atoms with E-state index in [2.05, 4.69) is 22.4 Å². The molecule has 0 spiro atoms. The summed E-state index contributed by atoms with van der Waals surface area (Å²) in [7, 11) is 3.53. The second-order valence-corrected chi connectivity index (χ2v) is 4.88.